The van der Waals surface area contributed by atoms with Crippen LogP contribution in [0.25, 0.3) is 0 Å². The van der Waals surface area contributed by atoms with E-state index in [-0.39, 0.29) is 0 Å². The molecule has 0 aromatic carbocycles. The molecule has 0 saturated carbocycles. The van der Waals surface area contributed by atoms with E-state index >= 15 is 0 Å². The van der Waals surface area contributed by atoms with Gasteiger partial charge in [0.05, 0.1) is 11.1 Å². The summed E-state index contributed by atoms with van der Waals surface area (Å²) < 4.78 is 0. The molecule has 0 aliphatic carbocycles. The van der Waals surface area contributed by atoms with Gasteiger partial charge in [-0.15, -0.1) is 11.8 Å². The lowest BCUT2D eigenvalue weighted by atomic mass is 9.99. The molecule has 0 fully saturated rings. The summed E-state index contributed by atoms with van der Waals surface area (Å²) in [4.78, 5) is 4.24. The number of rotatable bonds is 6. The molecule has 1 unspecified atom stereocenters. The average molecular weight is 235 g/mol. The Morgan fingerprint density at radius 3 is 2.94 bits per heavy atom. The largest absolute Gasteiger partial charge is 0.303 e. The normalized spacial score (nSPS) is 14.1. The van der Waals surface area contributed by atoms with Gasteiger partial charge < -0.3 is 5.32 Å². The van der Waals surface area contributed by atoms with Gasteiger partial charge >= 0.3 is 0 Å². The molecule has 86 valence electrons. The summed E-state index contributed by atoms with van der Waals surface area (Å²) in [5, 5.41) is 13.1. The number of nitrogens with zero attached hydrogens (tertiary/aromatic N) is 2. The summed E-state index contributed by atoms with van der Waals surface area (Å²) >= 11 is 1.73. The minimum Gasteiger partial charge on any atom is -0.303 e. The molecule has 1 aromatic rings. The molecule has 0 bridgehead atoms. The van der Waals surface area contributed by atoms with Crippen molar-refractivity contribution in [2.24, 2.45) is 0 Å². The van der Waals surface area contributed by atoms with Crippen LogP contribution in [0, 0.1) is 11.3 Å². The van der Waals surface area contributed by atoms with Crippen LogP contribution in [-0.4, -0.2) is 23.3 Å². The van der Waals surface area contributed by atoms with Gasteiger partial charge in [0.25, 0.3) is 0 Å². The maximum Gasteiger partial charge on any atom is 0.103 e. The highest BCUT2D eigenvalue weighted by Crippen LogP contribution is 2.18. The highest BCUT2D eigenvalue weighted by Gasteiger charge is 2.19. The molecule has 0 amide bonds. The fourth-order valence-corrected chi connectivity index (χ4v) is 2.08. The molecule has 4 heteroatoms. The average Bonchev–Trinajstić information content (AvgIpc) is 2.36. The van der Waals surface area contributed by atoms with Crippen molar-refractivity contribution in [2.45, 2.75) is 30.3 Å². The van der Waals surface area contributed by atoms with Gasteiger partial charge in [-0.25, -0.2) is 4.98 Å². The lowest BCUT2D eigenvalue weighted by Gasteiger charge is -2.19. The van der Waals surface area contributed by atoms with E-state index in [0.29, 0.717) is 0 Å². The second-order valence-corrected chi connectivity index (χ2v) is 4.93. The van der Waals surface area contributed by atoms with Crippen LogP contribution in [0.15, 0.2) is 29.4 Å². The van der Waals surface area contributed by atoms with Gasteiger partial charge in [0.2, 0.25) is 0 Å². The van der Waals surface area contributed by atoms with Crippen LogP contribution in [0.3, 0.4) is 0 Å². The topological polar surface area (TPSA) is 48.7 Å². The predicted molar refractivity (Wildman–Crippen MR) is 67.3 cm³/mol. The molecule has 0 aliphatic heterocycles. The molecule has 16 heavy (non-hydrogen) atoms. The number of pyridine rings is 1. The maximum atomic E-state index is 8.97. The van der Waals surface area contributed by atoms with E-state index in [4.69, 9.17) is 5.26 Å². The van der Waals surface area contributed by atoms with E-state index in [2.05, 4.69) is 16.4 Å². The Labute approximate surface area is 101 Å². The van der Waals surface area contributed by atoms with Crippen molar-refractivity contribution in [3.63, 3.8) is 0 Å². The predicted octanol–water partition coefficient (Wildman–Crippen LogP) is 2.46. The smallest absolute Gasteiger partial charge is 0.103 e. The van der Waals surface area contributed by atoms with Crippen LogP contribution in [0.1, 0.15) is 19.8 Å². The van der Waals surface area contributed by atoms with E-state index in [9.17, 15) is 0 Å². The van der Waals surface area contributed by atoms with Crippen molar-refractivity contribution in [3.8, 4) is 6.07 Å². The van der Waals surface area contributed by atoms with E-state index in [1.54, 1.807) is 18.0 Å². The summed E-state index contributed by atoms with van der Waals surface area (Å²) in [5.74, 6) is 0.996. The first-order valence-electron chi connectivity index (χ1n) is 5.34. The Kier molecular flexibility index (Phi) is 5.30. The maximum absolute atomic E-state index is 8.97. The molecule has 1 atom stereocenters. The Balaban J connectivity index is 2.25. The van der Waals surface area contributed by atoms with Crippen molar-refractivity contribution in [1.29, 1.82) is 5.26 Å². The minimum atomic E-state index is -0.398. The number of aromatic nitrogens is 1. The van der Waals surface area contributed by atoms with Crippen molar-refractivity contribution >= 4 is 11.8 Å². The van der Waals surface area contributed by atoms with Crippen LogP contribution in [0.4, 0.5) is 0 Å². The molecular weight excluding hydrogens is 218 g/mol. The highest BCUT2D eigenvalue weighted by molar-refractivity contribution is 7.99. The molecule has 0 saturated heterocycles. The first kappa shape index (κ1) is 13.0. The van der Waals surface area contributed by atoms with Gasteiger partial charge in [0.15, 0.2) is 0 Å². The summed E-state index contributed by atoms with van der Waals surface area (Å²) in [6.07, 6.45) is 3.67. The van der Waals surface area contributed by atoms with Crippen LogP contribution in [-0.2, 0) is 0 Å². The van der Waals surface area contributed by atoms with Gasteiger partial charge in [-0.3, -0.25) is 0 Å². The Hall–Kier alpha value is -1.05. The third-order valence-electron chi connectivity index (χ3n) is 2.51. The lowest BCUT2D eigenvalue weighted by molar-refractivity contribution is 0.451. The van der Waals surface area contributed by atoms with E-state index in [1.807, 2.05) is 32.2 Å². The standard InChI is InChI=1S/C12H17N3S/c1-12(10-13,14-2)7-5-9-16-11-6-3-4-8-15-11/h3-4,6,8,14H,5,7,9H2,1-2H3. The Morgan fingerprint density at radius 2 is 2.38 bits per heavy atom. The summed E-state index contributed by atoms with van der Waals surface area (Å²) in [7, 11) is 1.83. The minimum absolute atomic E-state index is 0.398. The zero-order chi connectivity index (χ0) is 11.9. The third-order valence-corrected chi connectivity index (χ3v) is 3.54. The first-order valence-corrected chi connectivity index (χ1v) is 6.33. The van der Waals surface area contributed by atoms with Crippen LogP contribution >= 0.6 is 11.8 Å². The van der Waals surface area contributed by atoms with E-state index in [0.717, 1.165) is 23.6 Å². The van der Waals surface area contributed by atoms with Crippen molar-refractivity contribution < 1.29 is 0 Å². The quantitative estimate of drug-likeness (QED) is 0.608. The molecule has 0 aliphatic rings. The molecule has 0 spiro atoms. The van der Waals surface area contributed by atoms with E-state index < -0.39 is 5.54 Å². The fraction of sp³-hybridized carbons (Fsp3) is 0.500. The van der Waals surface area contributed by atoms with E-state index in [1.165, 1.54) is 0 Å². The summed E-state index contributed by atoms with van der Waals surface area (Å²) in [6.45, 7) is 1.93. The highest BCUT2D eigenvalue weighted by atomic mass is 32.2. The second kappa shape index (κ2) is 6.51. The van der Waals surface area contributed by atoms with Crippen molar-refractivity contribution in [3.05, 3.63) is 24.4 Å². The number of hydrogen-bond donors (Lipinski definition) is 1. The molecule has 0 radical (unpaired) electrons. The van der Waals surface area contributed by atoms with Gasteiger partial charge in [0, 0.05) is 6.20 Å². The molecule has 1 rings (SSSR count). The zero-order valence-corrected chi connectivity index (χ0v) is 10.5. The molecule has 3 nitrogen and oxygen atoms in total. The van der Waals surface area contributed by atoms with Gasteiger partial charge in [-0.1, -0.05) is 6.07 Å². The molecular formula is C12H17N3S. The van der Waals surface area contributed by atoms with Crippen LogP contribution < -0.4 is 5.32 Å². The first-order chi connectivity index (χ1) is 7.70. The molecule has 1 heterocycles. The van der Waals surface area contributed by atoms with Gasteiger partial charge in [-0.2, -0.15) is 5.26 Å². The Bertz CT molecular complexity index is 347. The van der Waals surface area contributed by atoms with Crippen molar-refractivity contribution in [2.75, 3.05) is 12.8 Å². The second-order valence-electron chi connectivity index (χ2n) is 3.81. The monoisotopic (exact) mass is 235 g/mol. The van der Waals surface area contributed by atoms with Crippen LogP contribution in [0.5, 0.6) is 0 Å². The Morgan fingerprint density at radius 1 is 1.56 bits per heavy atom. The zero-order valence-electron chi connectivity index (χ0n) is 9.73. The van der Waals surface area contributed by atoms with Gasteiger partial charge in [0.1, 0.15) is 5.54 Å². The van der Waals surface area contributed by atoms with Crippen LogP contribution in [0.2, 0.25) is 0 Å². The molecule has 1 N–H and O–H groups in total. The summed E-state index contributed by atoms with van der Waals surface area (Å²) in [5.41, 5.74) is -0.398. The lowest BCUT2D eigenvalue weighted by Crippen LogP contribution is -2.37. The number of nitrogens with one attached hydrogen (secondary N) is 1. The summed E-state index contributed by atoms with van der Waals surface area (Å²) in [6, 6.07) is 8.20. The number of nitriles is 1. The third kappa shape index (κ3) is 4.21. The fourth-order valence-electron chi connectivity index (χ4n) is 1.27. The molecule has 1 aromatic heterocycles. The van der Waals surface area contributed by atoms with Gasteiger partial charge in [-0.05, 0) is 44.7 Å². The SMILES string of the molecule is CNC(C)(C#N)CCCSc1ccccn1. The number of thioether (sulfide) groups is 1. The van der Waals surface area contributed by atoms with Crippen molar-refractivity contribution in [1.82, 2.24) is 10.3 Å². The number of hydrogen-bond acceptors (Lipinski definition) is 4.